The molecule has 0 bridgehead atoms. The first-order chi connectivity index (χ1) is 9.40. The molecule has 1 aromatic carbocycles. The van der Waals surface area contributed by atoms with E-state index in [2.05, 4.69) is 37.4 Å². The van der Waals surface area contributed by atoms with Gasteiger partial charge in [0.1, 0.15) is 17.1 Å². The molecule has 108 valence electrons. The molecular weight excluding hydrogens is 250 g/mol. The van der Waals surface area contributed by atoms with Crippen molar-refractivity contribution in [3.63, 3.8) is 0 Å². The van der Waals surface area contributed by atoms with Crippen LogP contribution < -0.4 is 5.32 Å². The first-order valence-electron chi connectivity index (χ1n) is 6.95. The largest absolute Gasteiger partial charge is 0.463 e. The number of furan rings is 1. The molecule has 3 heteroatoms. The number of hydrogen-bond acceptors (Lipinski definition) is 3. The molecule has 0 aliphatic rings. The average Bonchev–Trinajstić information content (AvgIpc) is 2.80. The maximum absolute atomic E-state index is 10.5. The summed E-state index contributed by atoms with van der Waals surface area (Å²) in [4.78, 5) is 0. The summed E-state index contributed by atoms with van der Waals surface area (Å²) in [5, 5.41) is 13.8. The smallest absolute Gasteiger partial charge is 0.136 e. The van der Waals surface area contributed by atoms with Crippen LogP contribution in [0.2, 0.25) is 0 Å². The summed E-state index contributed by atoms with van der Waals surface area (Å²) >= 11 is 0. The van der Waals surface area contributed by atoms with E-state index in [9.17, 15) is 5.11 Å². The lowest BCUT2D eigenvalue weighted by Crippen LogP contribution is -2.35. The van der Waals surface area contributed by atoms with Crippen molar-refractivity contribution < 1.29 is 9.52 Å². The molecule has 20 heavy (non-hydrogen) atoms. The highest BCUT2D eigenvalue weighted by Crippen LogP contribution is 2.22. The molecule has 1 atom stereocenters. The van der Waals surface area contributed by atoms with Crippen molar-refractivity contribution in [2.75, 3.05) is 6.54 Å². The van der Waals surface area contributed by atoms with E-state index in [0.717, 1.165) is 12.3 Å². The molecule has 1 heterocycles. The van der Waals surface area contributed by atoms with Crippen LogP contribution >= 0.6 is 0 Å². The molecule has 0 saturated carbocycles. The third kappa shape index (κ3) is 3.30. The zero-order valence-electron chi connectivity index (χ0n) is 12.7. The SMILES string of the molecule is Cc1ccc(C(C)(O)CNCc2c(C)cccc2C)o1. The molecule has 0 aliphatic carbocycles. The highest BCUT2D eigenvalue weighted by Gasteiger charge is 2.26. The Morgan fingerprint density at radius 1 is 1.10 bits per heavy atom. The molecule has 3 nitrogen and oxygen atoms in total. The fraction of sp³-hybridized carbons (Fsp3) is 0.412. The summed E-state index contributed by atoms with van der Waals surface area (Å²) in [5.74, 6) is 1.42. The Balaban J connectivity index is 1.99. The first-order valence-corrected chi connectivity index (χ1v) is 6.95. The molecular formula is C17H23NO2. The van der Waals surface area contributed by atoms with Crippen LogP contribution in [0.1, 0.15) is 35.1 Å². The zero-order chi connectivity index (χ0) is 14.8. The molecule has 2 N–H and O–H groups in total. The van der Waals surface area contributed by atoms with Gasteiger partial charge in [-0.3, -0.25) is 0 Å². The van der Waals surface area contributed by atoms with Gasteiger partial charge in [0.2, 0.25) is 0 Å². The van der Waals surface area contributed by atoms with E-state index in [1.807, 2.05) is 19.1 Å². The lowest BCUT2D eigenvalue weighted by atomic mass is 10.0. The van der Waals surface area contributed by atoms with Gasteiger partial charge < -0.3 is 14.8 Å². The van der Waals surface area contributed by atoms with Crippen molar-refractivity contribution in [3.8, 4) is 0 Å². The Labute approximate surface area is 120 Å². The third-order valence-corrected chi connectivity index (χ3v) is 3.69. The van der Waals surface area contributed by atoms with Gasteiger partial charge in [0.25, 0.3) is 0 Å². The summed E-state index contributed by atoms with van der Waals surface area (Å²) in [6.07, 6.45) is 0. The van der Waals surface area contributed by atoms with E-state index in [4.69, 9.17) is 4.42 Å². The average molecular weight is 273 g/mol. The van der Waals surface area contributed by atoms with Crippen LogP contribution in [0.15, 0.2) is 34.7 Å². The van der Waals surface area contributed by atoms with E-state index >= 15 is 0 Å². The second kappa shape index (κ2) is 5.81. The summed E-state index contributed by atoms with van der Waals surface area (Å²) in [6.45, 7) is 9.06. The Morgan fingerprint density at radius 3 is 2.30 bits per heavy atom. The van der Waals surface area contributed by atoms with Crippen LogP contribution in [0.4, 0.5) is 0 Å². The zero-order valence-corrected chi connectivity index (χ0v) is 12.7. The van der Waals surface area contributed by atoms with Crippen molar-refractivity contribution >= 4 is 0 Å². The number of benzene rings is 1. The van der Waals surface area contributed by atoms with Gasteiger partial charge in [0.05, 0.1) is 0 Å². The van der Waals surface area contributed by atoms with Crippen molar-refractivity contribution in [2.24, 2.45) is 0 Å². The minimum Gasteiger partial charge on any atom is -0.463 e. The fourth-order valence-corrected chi connectivity index (χ4v) is 2.37. The fourth-order valence-electron chi connectivity index (χ4n) is 2.37. The summed E-state index contributed by atoms with van der Waals surface area (Å²) in [5.41, 5.74) is 2.83. The number of aryl methyl sites for hydroxylation is 3. The van der Waals surface area contributed by atoms with E-state index in [1.54, 1.807) is 6.92 Å². The standard InChI is InChI=1S/C17H23NO2/c1-12-6-5-7-13(2)15(12)10-18-11-17(4,19)16-9-8-14(3)20-16/h5-9,18-19H,10-11H2,1-4H3. The van der Waals surface area contributed by atoms with Crippen molar-refractivity contribution in [1.82, 2.24) is 5.32 Å². The molecule has 2 rings (SSSR count). The predicted molar refractivity (Wildman–Crippen MR) is 80.6 cm³/mol. The minimum absolute atomic E-state index is 0.452. The molecule has 0 saturated heterocycles. The highest BCUT2D eigenvalue weighted by atomic mass is 16.4. The van der Waals surface area contributed by atoms with E-state index in [1.165, 1.54) is 16.7 Å². The molecule has 0 spiro atoms. The summed E-state index contributed by atoms with van der Waals surface area (Å²) in [6, 6.07) is 9.98. The quantitative estimate of drug-likeness (QED) is 0.879. The van der Waals surface area contributed by atoms with Crippen molar-refractivity contribution in [3.05, 3.63) is 58.5 Å². The molecule has 1 aromatic heterocycles. The van der Waals surface area contributed by atoms with Crippen LogP contribution in [-0.2, 0) is 12.1 Å². The van der Waals surface area contributed by atoms with Crippen molar-refractivity contribution in [2.45, 2.75) is 39.8 Å². The monoisotopic (exact) mass is 273 g/mol. The minimum atomic E-state index is -0.995. The van der Waals surface area contributed by atoms with Crippen LogP contribution in [0.25, 0.3) is 0 Å². The number of hydrogen-bond donors (Lipinski definition) is 2. The second-order valence-corrected chi connectivity index (χ2v) is 5.66. The lowest BCUT2D eigenvalue weighted by molar-refractivity contribution is 0.0332. The normalized spacial score (nSPS) is 14.2. The van der Waals surface area contributed by atoms with E-state index in [-0.39, 0.29) is 0 Å². The summed E-state index contributed by atoms with van der Waals surface area (Å²) < 4.78 is 5.51. The van der Waals surface area contributed by atoms with E-state index < -0.39 is 5.60 Å². The van der Waals surface area contributed by atoms with Crippen LogP contribution in [-0.4, -0.2) is 11.7 Å². The maximum Gasteiger partial charge on any atom is 0.136 e. The van der Waals surface area contributed by atoms with Crippen LogP contribution in [0.3, 0.4) is 0 Å². The van der Waals surface area contributed by atoms with Crippen molar-refractivity contribution in [1.29, 1.82) is 0 Å². The topological polar surface area (TPSA) is 45.4 Å². The van der Waals surface area contributed by atoms with Gasteiger partial charge in [-0.1, -0.05) is 18.2 Å². The molecule has 1 unspecified atom stereocenters. The Hall–Kier alpha value is -1.58. The Kier molecular flexibility index (Phi) is 4.31. The Morgan fingerprint density at radius 2 is 1.75 bits per heavy atom. The van der Waals surface area contributed by atoms with Gasteiger partial charge in [-0.15, -0.1) is 0 Å². The Bertz CT molecular complexity index is 564. The van der Waals surface area contributed by atoms with Gasteiger partial charge >= 0.3 is 0 Å². The first kappa shape index (κ1) is 14.8. The summed E-state index contributed by atoms with van der Waals surface area (Å²) in [7, 11) is 0. The number of nitrogens with one attached hydrogen (secondary N) is 1. The number of rotatable bonds is 5. The third-order valence-electron chi connectivity index (χ3n) is 3.69. The second-order valence-electron chi connectivity index (χ2n) is 5.66. The molecule has 0 aliphatic heterocycles. The van der Waals surface area contributed by atoms with Crippen LogP contribution in [0, 0.1) is 20.8 Å². The van der Waals surface area contributed by atoms with Gasteiger partial charge in [-0.05, 0) is 56.5 Å². The molecule has 0 radical (unpaired) electrons. The van der Waals surface area contributed by atoms with Gasteiger partial charge in [0.15, 0.2) is 0 Å². The van der Waals surface area contributed by atoms with Gasteiger partial charge in [-0.25, -0.2) is 0 Å². The van der Waals surface area contributed by atoms with Gasteiger partial charge in [-0.2, -0.15) is 0 Å². The highest BCUT2D eigenvalue weighted by molar-refractivity contribution is 5.33. The van der Waals surface area contributed by atoms with Gasteiger partial charge in [0, 0.05) is 13.1 Å². The lowest BCUT2D eigenvalue weighted by Gasteiger charge is -2.22. The number of aliphatic hydroxyl groups is 1. The maximum atomic E-state index is 10.5. The molecule has 0 amide bonds. The van der Waals surface area contributed by atoms with E-state index in [0.29, 0.717) is 12.3 Å². The molecule has 2 aromatic rings. The van der Waals surface area contributed by atoms with Crippen LogP contribution in [0.5, 0.6) is 0 Å². The predicted octanol–water partition coefficient (Wildman–Crippen LogP) is 3.20. The molecule has 0 fully saturated rings.